The van der Waals surface area contributed by atoms with Gasteiger partial charge in [0.25, 0.3) is 11.8 Å². The molecule has 0 N–H and O–H groups in total. The Labute approximate surface area is 135 Å². The Morgan fingerprint density at radius 1 is 1.17 bits per heavy atom. The van der Waals surface area contributed by atoms with Gasteiger partial charge < -0.3 is 9.59 Å². The van der Waals surface area contributed by atoms with Crippen LogP contribution in [0.15, 0.2) is 18.2 Å². The first kappa shape index (κ1) is 17.1. The lowest BCUT2D eigenvalue weighted by molar-refractivity contribution is -0.117. The highest BCUT2D eigenvalue weighted by atomic mass is 16.2. The second-order valence-corrected chi connectivity index (χ2v) is 6.93. The summed E-state index contributed by atoms with van der Waals surface area (Å²) in [5.41, 5.74) is 1.45. The molecular weight excluding hydrogens is 294 g/mol. The molecule has 0 aromatic heterocycles. The van der Waals surface area contributed by atoms with E-state index in [1.165, 1.54) is 6.92 Å². The second-order valence-electron chi connectivity index (χ2n) is 6.93. The molecule has 5 nitrogen and oxygen atoms in total. The van der Waals surface area contributed by atoms with Crippen molar-refractivity contribution >= 4 is 23.9 Å². The molecule has 1 aliphatic heterocycles. The van der Waals surface area contributed by atoms with Gasteiger partial charge in [-0.15, -0.1) is 0 Å². The molecule has 0 radical (unpaired) electrons. The van der Waals surface area contributed by atoms with Crippen molar-refractivity contribution in [3.05, 3.63) is 34.9 Å². The number of ketones is 1. The highest BCUT2D eigenvalue weighted by molar-refractivity contribution is 6.22. The lowest BCUT2D eigenvalue weighted by atomic mass is 9.85. The number of benzene rings is 1. The van der Waals surface area contributed by atoms with Crippen LogP contribution >= 0.6 is 0 Å². The van der Waals surface area contributed by atoms with Gasteiger partial charge in [-0.25, -0.2) is 0 Å². The molecule has 1 heterocycles. The lowest BCUT2D eigenvalue weighted by Gasteiger charge is -2.20. The molecule has 23 heavy (non-hydrogen) atoms. The highest BCUT2D eigenvalue weighted by Gasteiger charge is 2.40. The zero-order valence-corrected chi connectivity index (χ0v) is 13.9. The number of nitrogens with zero attached hydrogens (tertiary/aromatic N) is 1. The quantitative estimate of drug-likeness (QED) is 0.618. The Hall–Kier alpha value is -2.30. The fourth-order valence-corrected chi connectivity index (χ4v) is 2.64. The van der Waals surface area contributed by atoms with Crippen LogP contribution in [0, 0.1) is 0 Å². The van der Waals surface area contributed by atoms with Gasteiger partial charge in [0, 0.05) is 6.42 Å². The summed E-state index contributed by atoms with van der Waals surface area (Å²) < 4.78 is 0. The Morgan fingerprint density at radius 2 is 1.78 bits per heavy atom. The van der Waals surface area contributed by atoms with Gasteiger partial charge >= 0.3 is 0 Å². The molecule has 2 amide bonds. The number of carbonyl (C=O) groups excluding carboxylic acids is 4. The topological polar surface area (TPSA) is 71.5 Å². The molecule has 0 bridgehead atoms. The first-order valence-corrected chi connectivity index (χ1v) is 7.64. The Bertz CT molecular complexity index is 685. The zero-order chi connectivity index (χ0) is 17.4. The molecular formula is C18H21NO4. The Balaban J connectivity index is 2.36. The minimum Gasteiger partial charge on any atom is -0.301 e. The molecule has 1 unspecified atom stereocenters. The summed E-state index contributed by atoms with van der Waals surface area (Å²) in [5, 5.41) is 0. The van der Waals surface area contributed by atoms with Gasteiger partial charge in [0.15, 0.2) is 0 Å². The van der Waals surface area contributed by atoms with Crippen LogP contribution in [0.4, 0.5) is 0 Å². The van der Waals surface area contributed by atoms with Crippen LogP contribution in [-0.2, 0) is 15.0 Å². The van der Waals surface area contributed by atoms with Crippen molar-refractivity contribution in [2.45, 2.75) is 52.0 Å². The van der Waals surface area contributed by atoms with Gasteiger partial charge in [0.05, 0.1) is 17.2 Å². The maximum Gasteiger partial charge on any atom is 0.262 e. The number of amides is 2. The van der Waals surface area contributed by atoms with Gasteiger partial charge in [-0.05, 0) is 36.5 Å². The molecule has 2 rings (SSSR count). The number of aldehydes is 1. The molecule has 5 heteroatoms. The molecule has 0 aliphatic carbocycles. The SMILES string of the molecule is CC(=O)CCC(C=O)N1C(=O)c2ccc(C(C)(C)C)cc2C1=O. The number of imide groups is 1. The van der Waals surface area contributed by atoms with Gasteiger partial charge in [-0.1, -0.05) is 26.8 Å². The van der Waals surface area contributed by atoms with Gasteiger partial charge in [0.1, 0.15) is 12.1 Å². The molecule has 122 valence electrons. The van der Waals surface area contributed by atoms with E-state index in [2.05, 4.69) is 0 Å². The van der Waals surface area contributed by atoms with Crippen molar-refractivity contribution in [3.8, 4) is 0 Å². The van der Waals surface area contributed by atoms with Crippen molar-refractivity contribution in [2.75, 3.05) is 0 Å². The van der Waals surface area contributed by atoms with Gasteiger partial charge in [-0.3, -0.25) is 14.5 Å². The Morgan fingerprint density at radius 3 is 2.30 bits per heavy atom. The number of carbonyl (C=O) groups is 4. The van der Waals surface area contributed by atoms with Gasteiger partial charge in [0.2, 0.25) is 0 Å². The van der Waals surface area contributed by atoms with Crippen molar-refractivity contribution in [1.29, 1.82) is 0 Å². The molecule has 1 aromatic rings. The zero-order valence-electron chi connectivity index (χ0n) is 13.9. The number of hydrogen-bond donors (Lipinski definition) is 0. The minimum atomic E-state index is -0.899. The Kier molecular flexibility index (Phi) is 4.50. The van der Waals surface area contributed by atoms with Crippen molar-refractivity contribution in [2.24, 2.45) is 0 Å². The molecule has 0 saturated carbocycles. The monoisotopic (exact) mass is 315 g/mol. The van der Waals surface area contributed by atoms with E-state index in [0.717, 1.165) is 10.5 Å². The van der Waals surface area contributed by atoms with Crippen molar-refractivity contribution < 1.29 is 19.2 Å². The number of Topliss-reactive ketones (excluding diaryl/α,β-unsaturated/α-hetero) is 1. The normalized spacial score (nSPS) is 15.6. The summed E-state index contributed by atoms with van der Waals surface area (Å²) in [7, 11) is 0. The molecule has 1 aromatic carbocycles. The summed E-state index contributed by atoms with van der Waals surface area (Å²) in [6, 6.07) is 4.30. The predicted molar refractivity (Wildman–Crippen MR) is 85.4 cm³/mol. The van der Waals surface area contributed by atoms with E-state index in [4.69, 9.17) is 0 Å². The standard InChI is InChI=1S/C18H21NO4/c1-11(21)5-7-13(10-20)19-16(22)14-8-6-12(18(2,3)4)9-15(14)17(19)23/h6,8-10,13H,5,7H2,1-4H3. The summed E-state index contributed by atoms with van der Waals surface area (Å²) in [4.78, 5) is 48.5. The maximum atomic E-state index is 12.6. The third kappa shape index (κ3) is 3.23. The second kappa shape index (κ2) is 6.07. The van der Waals surface area contributed by atoms with E-state index in [9.17, 15) is 19.2 Å². The number of rotatable bonds is 5. The average Bonchev–Trinajstić information content (AvgIpc) is 2.71. The summed E-state index contributed by atoms with van der Waals surface area (Å²) in [6.45, 7) is 7.48. The van der Waals surface area contributed by atoms with E-state index < -0.39 is 17.9 Å². The van der Waals surface area contributed by atoms with Crippen LogP contribution in [0.5, 0.6) is 0 Å². The maximum absolute atomic E-state index is 12.6. The molecule has 0 fully saturated rings. The van der Waals surface area contributed by atoms with E-state index in [0.29, 0.717) is 17.4 Å². The van der Waals surface area contributed by atoms with E-state index in [1.54, 1.807) is 12.1 Å². The van der Waals surface area contributed by atoms with Gasteiger partial charge in [-0.2, -0.15) is 0 Å². The number of fused-ring (bicyclic) bond motifs is 1. The molecule has 0 saturated heterocycles. The van der Waals surface area contributed by atoms with E-state index in [-0.39, 0.29) is 24.0 Å². The molecule has 0 spiro atoms. The average molecular weight is 315 g/mol. The van der Waals surface area contributed by atoms with Crippen LogP contribution in [0.3, 0.4) is 0 Å². The largest absolute Gasteiger partial charge is 0.301 e. The number of hydrogen-bond acceptors (Lipinski definition) is 4. The first-order valence-electron chi connectivity index (χ1n) is 7.64. The van der Waals surface area contributed by atoms with Crippen LogP contribution in [-0.4, -0.2) is 34.8 Å². The van der Waals surface area contributed by atoms with Crippen LogP contribution < -0.4 is 0 Å². The highest BCUT2D eigenvalue weighted by Crippen LogP contribution is 2.30. The first-order chi connectivity index (χ1) is 10.7. The van der Waals surface area contributed by atoms with E-state index >= 15 is 0 Å². The third-order valence-corrected chi connectivity index (χ3v) is 4.06. The molecule has 1 atom stereocenters. The predicted octanol–water partition coefficient (Wildman–Crippen LogP) is 2.52. The van der Waals surface area contributed by atoms with Crippen molar-refractivity contribution in [3.63, 3.8) is 0 Å². The summed E-state index contributed by atoms with van der Waals surface area (Å²) in [6.07, 6.45) is 0.885. The van der Waals surface area contributed by atoms with Crippen LogP contribution in [0.1, 0.15) is 66.8 Å². The van der Waals surface area contributed by atoms with E-state index in [1.807, 2.05) is 26.8 Å². The van der Waals surface area contributed by atoms with Crippen LogP contribution in [0.2, 0.25) is 0 Å². The summed E-state index contributed by atoms with van der Waals surface area (Å²) >= 11 is 0. The lowest BCUT2D eigenvalue weighted by Crippen LogP contribution is -2.41. The smallest absolute Gasteiger partial charge is 0.262 e. The summed E-state index contributed by atoms with van der Waals surface area (Å²) in [5.74, 6) is -1.01. The van der Waals surface area contributed by atoms with Crippen LogP contribution in [0.25, 0.3) is 0 Å². The molecule has 1 aliphatic rings. The van der Waals surface area contributed by atoms with Crippen molar-refractivity contribution in [1.82, 2.24) is 4.90 Å². The minimum absolute atomic E-state index is 0.0801. The third-order valence-electron chi connectivity index (χ3n) is 4.06. The fourth-order valence-electron chi connectivity index (χ4n) is 2.64. The fraction of sp³-hybridized carbons (Fsp3) is 0.444.